The van der Waals surface area contributed by atoms with E-state index < -0.39 is 6.36 Å². The van der Waals surface area contributed by atoms with Gasteiger partial charge in [0.2, 0.25) is 0 Å². The molecule has 0 aliphatic rings. The largest absolute Gasteiger partial charge is 0.573 e. The van der Waals surface area contributed by atoms with E-state index in [0.29, 0.717) is 5.82 Å². The molecule has 1 aromatic carbocycles. The zero-order chi connectivity index (χ0) is 14.9. The number of halogens is 3. The van der Waals surface area contributed by atoms with Crippen LogP contribution < -0.4 is 10.5 Å². The lowest BCUT2D eigenvalue weighted by Gasteiger charge is -2.15. The molecular formula is C13H14F3N3O. The second-order valence-corrected chi connectivity index (χ2v) is 4.45. The zero-order valence-electron chi connectivity index (χ0n) is 11.0. The highest BCUT2D eigenvalue weighted by molar-refractivity contribution is 5.35. The van der Waals surface area contributed by atoms with Gasteiger partial charge in [-0.2, -0.15) is 5.10 Å². The molecule has 0 radical (unpaired) electrons. The normalized spacial score (nSPS) is 13.2. The maximum absolute atomic E-state index is 12.1. The van der Waals surface area contributed by atoms with E-state index >= 15 is 0 Å². The highest BCUT2D eigenvalue weighted by Gasteiger charge is 2.31. The van der Waals surface area contributed by atoms with Crippen LogP contribution in [0, 0.1) is 6.92 Å². The molecule has 0 bridgehead atoms. The van der Waals surface area contributed by atoms with Gasteiger partial charge in [0.15, 0.2) is 0 Å². The van der Waals surface area contributed by atoms with Crippen molar-refractivity contribution in [3.8, 4) is 5.75 Å². The summed E-state index contributed by atoms with van der Waals surface area (Å²) in [5.74, 6) is 0.253. The van der Waals surface area contributed by atoms with Gasteiger partial charge in [-0.05, 0) is 31.5 Å². The Morgan fingerprint density at radius 2 is 1.85 bits per heavy atom. The maximum atomic E-state index is 12.1. The maximum Gasteiger partial charge on any atom is 0.573 e. The van der Waals surface area contributed by atoms with Gasteiger partial charge in [-0.15, -0.1) is 13.2 Å². The van der Waals surface area contributed by atoms with Gasteiger partial charge < -0.3 is 10.5 Å². The van der Waals surface area contributed by atoms with Crippen LogP contribution in [0.4, 0.5) is 19.0 Å². The molecule has 0 aliphatic carbocycles. The number of aromatic nitrogens is 2. The third kappa shape index (κ3) is 3.23. The predicted octanol–water partition coefficient (Wildman–Crippen LogP) is 3.28. The number of alkyl halides is 3. The minimum Gasteiger partial charge on any atom is -0.406 e. The first-order chi connectivity index (χ1) is 9.26. The lowest BCUT2D eigenvalue weighted by atomic mass is 10.1. The summed E-state index contributed by atoms with van der Waals surface area (Å²) in [6, 6.07) is 7.21. The summed E-state index contributed by atoms with van der Waals surface area (Å²) in [6.45, 7) is 3.68. The van der Waals surface area contributed by atoms with Crippen LogP contribution in [-0.4, -0.2) is 16.1 Å². The smallest absolute Gasteiger partial charge is 0.406 e. The number of ether oxygens (including phenoxy) is 1. The molecule has 20 heavy (non-hydrogen) atoms. The van der Waals surface area contributed by atoms with Crippen LogP contribution in [0.15, 0.2) is 30.3 Å². The Morgan fingerprint density at radius 3 is 2.30 bits per heavy atom. The fraction of sp³-hybridized carbons (Fsp3) is 0.308. The van der Waals surface area contributed by atoms with Crippen LogP contribution in [0.3, 0.4) is 0 Å². The summed E-state index contributed by atoms with van der Waals surface area (Å²) in [7, 11) is 0. The zero-order valence-corrected chi connectivity index (χ0v) is 11.0. The van der Waals surface area contributed by atoms with Crippen LogP contribution in [0.2, 0.25) is 0 Å². The van der Waals surface area contributed by atoms with Crippen LogP contribution in [0.5, 0.6) is 5.75 Å². The second-order valence-electron chi connectivity index (χ2n) is 4.45. The van der Waals surface area contributed by atoms with Crippen molar-refractivity contribution in [3.05, 3.63) is 41.6 Å². The Morgan fingerprint density at radius 1 is 1.25 bits per heavy atom. The molecule has 2 aromatic rings. The number of aryl methyl sites for hydroxylation is 1. The van der Waals surface area contributed by atoms with E-state index in [4.69, 9.17) is 5.73 Å². The summed E-state index contributed by atoms with van der Waals surface area (Å²) in [6.07, 6.45) is -4.68. The Balaban J connectivity index is 2.19. The quantitative estimate of drug-likeness (QED) is 0.941. The predicted molar refractivity (Wildman–Crippen MR) is 68.3 cm³/mol. The molecule has 2 N–H and O–H groups in total. The fourth-order valence-corrected chi connectivity index (χ4v) is 1.94. The molecular weight excluding hydrogens is 271 g/mol. The fourth-order valence-electron chi connectivity index (χ4n) is 1.94. The summed E-state index contributed by atoms with van der Waals surface area (Å²) in [5.41, 5.74) is 7.39. The summed E-state index contributed by atoms with van der Waals surface area (Å²) >= 11 is 0. The molecule has 4 nitrogen and oxygen atoms in total. The second kappa shape index (κ2) is 5.07. The average Bonchev–Trinajstić information content (AvgIpc) is 2.66. The Bertz CT molecular complexity index is 590. The third-order valence-corrected chi connectivity index (χ3v) is 2.85. The van der Waals surface area contributed by atoms with Gasteiger partial charge in [0.1, 0.15) is 11.6 Å². The summed E-state index contributed by atoms with van der Waals surface area (Å²) < 4.78 is 41.6. The van der Waals surface area contributed by atoms with Gasteiger partial charge in [-0.1, -0.05) is 12.1 Å². The van der Waals surface area contributed by atoms with Crippen molar-refractivity contribution in [3.63, 3.8) is 0 Å². The molecule has 1 atom stereocenters. The number of anilines is 1. The van der Waals surface area contributed by atoms with Gasteiger partial charge in [-0.25, -0.2) is 4.68 Å². The van der Waals surface area contributed by atoms with E-state index in [-0.39, 0.29) is 11.8 Å². The third-order valence-electron chi connectivity index (χ3n) is 2.85. The van der Waals surface area contributed by atoms with E-state index in [9.17, 15) is 13.2 Å². The molecule has 0 spiro atoms. The molecule has 1 unspecified atom stereocenters. The van der Waals surface area contributed by atoms with Crippen LogP contribution in [0.1, 0.15) is 24.2 Å². The summed E-state index contributed by atoms with van der Waals surface area (Å²) in [5, 5.41) is 4.25. The number of rotatable bonds is 3. The van der Waals surface area contributed by atoms with Crippen molar-refractivity contribution in [2.75, 3.05) is 5.73 Å². The topological polar surface area (TPSA) is 53.1 Å². The van der Waals surface area contributed by atoms with Crippen molar-refractivity contribution >= 4 is 5.82 Å². The Kier molecular flexibility index (Phi) is 3.61. The number of hydrogen-bond donors (Lipinski definition) is 1. The van der Waals surface area contributed by atoms with Gasteiger partial charge >= 0.3 is 6.36 Å². The molecule has 0 saturated carbocycles. The van der Waals surface area contributed by atoms with E-state index in [1.807, 2.05) is 13.8 Å². The lowest BCUT2D eigenvalue weighted by Crippen LogP contribution is -2.17. The molecule has 1 heterocycles. The van der Waals surface area contributed by atoms with Crippen molar-refractivity contribution in [2.24, 2.45) is 0 Å². The minimum atomic E-state index is -4.68. The first kappa shape index (κ1) is 14.2. The molecule has 0 fully saturated rings. The minimum absolute atomic E-state index is 0.177. The lowest BCUT2D eigenvalue weighted by molar-refractivity contribution is -0.274. The van der Waals surface area contributed by atoms with Crippen LogP contribution in [0.25, 0.3) is 0 Å². The van der Waals surface area contributed by atoms with Crippen LogP contribution >= 0.6 is 0 Å². The average molecular weight is 285 g/mol. The number of nitrogens with two attached hydrogens (primary N) is 1. The number of nitrogens with zero attached hydrogens (tertiary/aromatic N) is 2. The standard InChI is InChI=1S/C13H14F3N3O/c1-8-7-12(17)19(18-8)9(2)10-3-5-11(6-4-10)20-13(14,15)16/h3-7,9H,17H2,1-2H3. The number of hydrogen-bond acceptors (Lipinski definition) is 3. The Labute approximate surface area is 114 Å². The van der Waals surface area contributed by atoms with E-state index in [2.05, 4.69) is 9.84 Å². The van der Waals surface area contributed by atoms with E-state index in [1.165, 1.54) is 12.1 Å². The Hall–Kier alpha value is -2.18. The first-order valence-corrected chi connectivity index (χ1v) is 5.93. The van der Waals surface area contributed by atoms with E-state index in [1.54, 1.807) is 22.9 Å². The molecule has 0 amide bonds. The number of benzene rings is 1. The summed E-state index contributed by atoms with van der Waals surface area (Å²) in [4.78, 5) is 0. The monoisotopic (exact) mass is 285 g/mol. The van der Waals surface area contributed by atoms with Gasteiger partial charge in [0.25, 0.3) is 0 Å². The van der Waals surface area contributed by atoms with E-state index in [0.717, 1.165) is 11.3 Å². The van der Waals surface area contributed by atoms with Crippen molar-refractivity contribution in [1.82, 2.24) is 9.78 Å². The first-order valence-electron chi connectivity index (χ1n) is 5.93. The highest BCUT2D eigenvalue weighted by atomic mass is 19.4. The van der Waals surface area contributed by atoms with Gasteiger partial charge in [0.05, 0.1) is 11.7 Å². The highest BCUT2D eigenvalue weighted by Crippen LogP contribution is 2.26. The molecule has 0 saturated heterocycles. The van der Waals surface area contributed by atoms with Crippen molar-refractivity contribution in [2.45, 2.75) is 26.3 Å². The molecule has 7 heteroatoms. The molecule has 108 valence electrons. The molecule has 0 aliphatic heterocycles. The van der Waals surface area contributed by atoms with Crippen LogP contribution in [-0.2, 0) is 0 Å². The van der Waals surface area contributed by atoms with Gasteiger partial charge in [0, 0.05) is 6.07 Å². The SMILES string of the molecule is Cc1cc(N)n(C(C)c2ccc(OC(F)(F)F)cc2)n1. The number of nitrogen functional groups attached to an aromatic ring is 1. The van der Waals surface area contributed by atoms with Gasteiger partial charge in [-0.3, -0.25) is 0 Å². The van der Waals surface area contributed by atoms with Crippen molar-refractivity contribution < 1.29 is 17.9 Å². The molecule has 1 aromatic heterocycles. The molecule has 2 rings (SSSR count). The van der Waals surface area contributed by atoms with Crippen molar-refractivity contribution in [1.29, 1.82) is 0 Å².